The van der Waals surface area contributed by atoms with Crippen LogP contribution in [0.4, 0.5) is 5.13 Å². The number of nitrogens with one attached hydrogen (secondary N) is 1. The lowest BCUT2D eigenvalue weighted by molar-refractivity contribution is 0.102. The number of anilines is 1. The third-order valence-corrected chi connectivity index (χ3v) is 4.76. The first-order valence-electron chi connectivity index (χ1n) is 6.42. The Labute approximate surface area is 145 Å². The Balaban J connectivity index is 1.84. The number of halogens is 1. The number of carbonyl (C=O) groups is 1. The summed E-state index contributed by atoms with van der Waals surface area (Å²) in [6.07, 6.45) is 4.85. The Morgan fingerprint density at radius 3 is 2.74 bits per heavy atom. The average molecular weight is 367 g/mol. The number of fused-ring (bicyclic) bond motifs is 1. The zero-order chi connectivity index (χ0) is 16.4. The Hall–Kier alpha value is -1.90. The van der Waals surface area contributed by atoms with Gasteiger partial charge in [-0.3, -0.25) is 10.1 Å². The van der Waals surface area contributed by atoms with Crippen molar-refractivity contribution in [1.29, 1.82) is 0 Å². The minimum atomic E-state index is -0.310. The second-order valence-corrected chi connectivity index (χ2v) is 6.60. The molecule has 1 amide bonds. The van der Waals surface area contributed by atoms with Crippen LogP contribution in [0.15, 0.2) is 29.7 Å². The van der Waals surface area contributed by atoms with E-state index in [-0.39, 0.29) is 5.91 Å². The van der Waals surface area contributed by atoms with E-state index in [0.29, 0.717) is 32.1 Å². The van der Waals surface area contributed by atoms with E-state index in [1.54, 1.807) is 19.2 Å². The maximum absolute atomic E-state index is 12.2. The number of carbonyl (C=O) groups excluding carboxylic acids is 1. The van der Waals surface area contributed by atoms with Crippen molar-refractivity contribution < 1.29 is 9.53 Å². The summed E-state index contributed by atoms with van der Waals surface area (Å²) in [5.74, 6) is 0.261. The van der Waals surface area contributed by atoms with E-state index in [4.69, 9.17) is 16.3 Å². The second kappa shape index (κ2) is 6.69. The van der Waals surface area contributed by atoms with Crippen molar-refractivity contribution in [2.24, 2.45) is 0 Å². The van der Waals surface area contributed by atoms with Gasteiger partial charge in [-0.05, 0) is 12.3 Å². The molecule has 0 aliphatic rings. The molecule has 23 heavy (non-hydrogen) atoms. The number of ether oxygens (including phenoxy) is 1. The van der Waals surface area contributed by atoms with Crippen molar-refractivity contribution in [2.75, 3.05) is 18.7 Å². The summed E-state index contributed by atoms with van der Waals surface area (Å²) >= 11 is 8.83. The smallest absolute Gasteiger partial charge is 0.260 e. The molecular weight excluding hydrogens is 356 g/mol. The van der Waals surface area contributed by atoms with Crippen molar-refractivity contribution in [3.8, 4) is 5.75 Å². The largest absolute Gasteiger partial charge is 0.495 e. The minimum absolute atomic E-state index is 0.310. The van der Waals surface area contributed by atoms with Crippen LogP contribution in [0, 0.1) is 0 Å². The van der Waals surface area contributed by atoms with E-state index in [2.05, 4.69) is 20.3 Å². The van der Waals surface area contributed by atoms with Gasteiger partial charge in [0.2, 0.25) is 0 Å². The fourth-order valence-electron chi connectivity index (χ4n) is 1.85. The number of thiazole rings is 1. The monoisotopic (exact) mass is 366 g/mol. The Bertz CT molecular complexity index is 867. The number of hydrogen-bond acceptors (Lipinski definition) is 7. The predicted octanol–water partition coefficient (Wildman–Crippen LogP) is 3.72. The molecule has 118 valence electrons. The molecule has 6 nitrogen and oxygen atoms in total. The van der Waals surface area contributed by atoms with E-state index in [1.807, 2.05) is 6.26 Å². The van der Waals surface area contributed by atoms with Crippen molar-refractivity contribution in [2.45, 2.75) is 5.16 Å². The molecule has 0 fully saturated rings. The van der Waals surface area contributed by atoms with Crippen LogP contribution in [0.5, 0.6) is 5.75 Å². The summed E-state index contributed by atoms with van der Waals surface area (Å²) in [7, 11) is 1.55. The van der Waals surface area contributed by atoms with E-state index in [0.717, 1.165) is 4.70 Å². The molecule has 3 aromatic rings. The van der Waals surface area contributed by atoms with E-state index in [1.165, 1.54) is 35.5 Å². The predicted molar refractivity (Wildman–Crippen MR) is 92.9 cm³/mol. The number of rotatable bonds is 4. The van der Waals surface area contributed by atoms with Crippen molar-refractivity contribution in [3.05, 3.63) is 35.1 Å². The zero-order valence-electron chi connectivity index (χ0n) is 12.2. The first kappa shape index (κ1) is 16.0. The molecule has 0 aliphatic heterocycles. The summed E-state index contributed by atoms with van der Waals surface area (Å²) in [5, 5.41) is 4.31. The fraction of sp³-hybridized carbons (Fsp3) is 0.143. The standard InChI is InChI=1S/C14H11ClN4O2S2/c1-21-10-4-11-9(3-8(10)15)18-14(23-11)19-12(20)7-5-16-13(22-2)17-6-7/h3-6H,1-2H3,(H,18,19,20). The van der Waals surface area contributed by atoms with Gasteiger partial charge < -0.3 is 4.74 Å². The van der Waals surface area contributed by atoms with Crippen molar-refractivity contribution >= 4 is 56.0 Å². The molecule has 0 aliphatic carbocycles. The minimum Gasteiger partial charge on any atom is -0.495 e. The fourth-order valence-corrected chi connectivity index (χ4v) is 3.27. The van der Waals surface area contributed by atoms with Crippen LogP contribution < -0.4 is 10.1 Å². The van der Waals surface area contributed by atoms with E-state index >= 15 is 0 Å². The highest BCUT2D eigenvalue weighted by Gasteiger charge is 2.13. The Kier molecular flexibility index (Phi) is 4.65. The third-order valence-electron chi connectivity index (χ3n) is 2.96. The van der Waals surface area contributed by atoms with Gasteiger partial charge >= 0.3 is 0 Å². The van der Waals surface area contributed by atoms with Gasteiger partial charge in [-0.25, -0.2) is 15.0 Å². The summed E-state index contributed by atoms with van der Waals surface area (Å²) in [4.78, 5) is 24.7. The van der Waals surface area contributed by atoms with Crippen LogP contribution in [0.1, 0.15) is 10.4 Å². The molecule has 1 aromatic carbocycles. The Morgan fingerprint density at radius 1 is 1.35 bits per heavy atom. The van der Waals surface area contributed by atoms with Crippen LogP contribution in [0.2, 0.25) is 5.02 Å². The summed E-state index contributed by atoms with van der Waals surface area (Å²) in [5.41, 5.74) is 1.07. The van der Waals surface area contributed by atoms with Crippen molar-refractivity contribution in [1.82, 2.24) is 15.0 Å². The highest BCUT2D eigenvalue weighted by Crippen LogP contribution is 2.34. The summed E-state index contributed by atoms with van der Waals surface area (Å²) < 4.78 is 6.05. The molecule has 1 N–H and O–H groups in total. The van der Waals surface area contributed by atoms with Crippen molar-refractivity contribution in [3.63, 3.8) is 0 Å². The lowest BCUT2D eigenvalue weighted by atomic mass is 10.3. The first-order chi connectivity index (χ1) is 11.1. The molecule has 0 spiro atoms. The van der Waals surface area contributed by atoms with Crippen LogP contribution in [-0.2, 0) is 0 Å². The number of hydrogen-bond donors (Lipinski definition) is 1. The first-order valence-corrected chi connectivity index (χ1v) is 8.84. The van der Waals surface area contributed by atoms with E-state index < -0.39 is 0 Å². The van der Waals surface area contributed by atoms with Crippen LogP contribution in [0.3, 0.4) is 0 Å². The van der Waals surface area contributed by atoms with Gasteiger partial charge in [-0.15, -0.1) is 0 Å². The molecule has 0 atom stereocenters. The van der Waals surface area contributed by atoms with Crippen LogP contribution in [-0.4, -0.2) is 34.2 Å². The molecule has 2 heterocycles. The molecule has 0 radical (unpaired) electrons. The topological polar surface area (TPSA) is 77.0 Å². The Morgan fingerprint density at radius 2 is 2.09 bits per heavy atom. The third kappa shape index (κ3) is 3.39. The van der Waals surface area contributed by atoms with Crippen LogP contribution >= 0.6 is 34.7 Å². The highest BCUT2D eigenvalue weighted by atomic mass is 35.5. The van der Waals surface area contributed by atoms with Gasteiger partial charge in [-0.2, -0.15) is 0 Å². The zero-order valence-corrected chi connectivity index (χ0v) is 14.6. The van der Waals surface area contributed by atoms with Crippen LogP contribution in [0.25, 0.3) is 10.2 Å². The van der Waals surface area contributed by atoms with Gasteiger partial charge in [0.15, 0.2) is 10.3 Å². The van der Waals surface area contributed by atoms with Gasteiger partial charge in [0.25, 0.3) is 5.91 Å². The molecule has 0 saturated carbocycles. The number of amides is 1. The summed E-state index contributed by atoms with van der Waals surface area (Å²) in [6.45, 7) is 0. The molecule has 0 bridgehead atoms. The molecule has 2 aromatic heterocycles. The molecular formula is C14H11ClN4O2S2. The van der Waals surface area contributed by atoms with E-state index in [9.17, 15) is 4.79 Å². The number of thioether (sulfide) groups is 1. The quantitative estimate of drug-likeness (QED) is 0.560. The van der Waals surface area contributed by atoms with Gasteiger partial charge in [0.05, 0.1) is 27.9 Å². The lowest BCUT2D eigenvalue weighted by Gasteiger charge is -2.01. The van der Waals surface area contributed by atoms with Gasteiger partial charge in [0, 0.05) is 18.5 Å². The number of benzene rings is 1. The van der Waals surface area contributed by atoms with Gasteiger partial charge in [-0.1, -0.05) is 34.7 Å². The summed E-state index contributed by atoms with van der Waals surface area (Å²) in [6, 6.07) is 3.50. The van der Waals surface area contributed by atoms with Gasteiger partial charge in [0.1, 0.15) is 5.75 Å². The molecule has 9 heteroatoms. The lowest BCUT2D eigenvalue weighted by Crippen LogP contribution is -2.12. The normalized spacial score (nSPS) is 10.7. The number of methoxy groups -OCH3 is 1. The molecule has 0 saturated heterocycles. The highest BCUT2D eigenvalue weighted by molar-refractivity contribution is 7.98. The SMILES string of the molecule is COc1cc2sc(NC(=O)c3cnc(SC)nc3)nc2cc1Cl. The molecule has 3 rings (SSSR count). The maximum Gasteiger partial charge on any atom is 0.260 e. The number of nitrogens with zero attached hydrogens (tertiary/aromatic N) is 3. The molecule has 0 unspecified atom stereocenters. The number of aromatic nitrogens is 3. The average Bonchev–Trinajstić information content (AvgIpc) is 2.94. The second-order valence-electron chi connectivity index (χ2n) is 4.39. The maximum atomic E-state index is 12.2.